The van der Waals surface area contributed by atoms with Gasteiger partial charge in [-0.2, -0.15) is 0 Å². The first-order chi connectivity index (χ1) is 16.6. The first kappa shape index (κ1) is 24.6. The maximum Gasteiger partial charge on any atom is 0.413 e. The SMILES string of the molecule is O=C(/C=C/c1ccc(N(C(=O)O)[C@@H]2CCN(CC3CCCCC3)C2)nc1)NOC1CCCCO1. The summed E-state index contributed by atoms with van der Waals surface area (Å²) in [5, 5.41) is 9.88. The lowest BCUT2D eigenvalue weighted by Gasteiger charge is -2.28. The number of hydrogen-bond acceptors (Lipinski definition) is 6. The topological polar surface area (TPSA) is 104 Å². The van der Waals surface area contributed by atoms with E-state index in [1.54, 1.807) is 24.4 Å². The summed E-state index contributed by atoms with van der Waals surface area (Å²) in [6.45, 7) is 3.38. The Morgan fingerprint density at radius 3 is 2.71 bits per heavy atom. The monoisotopic (exact) mass is 472 g/mol. The van der Waals surface area contributed by atoms with E-state index in [9.17, 15) is 14.7 Å². The second-order valence-corrected chi connectivity index (χ2v) is 9.52. The first-order valence-electron chi connectivity index (χ1n) is 12.5. The fraction of sp³-hybridized carbons (Fsp3) is 0.640. The summed E-state index contributed by atoms with van der Waals surface area (Å²) in [5.74, 6) is 0.763. The molecule has 3 aliphatic rings. The van der Waals surface area contributed by atoms with E-state index in [4.69, 9.17) is 9.57 Å². The van der Waals surface area contributed by atoms with Gasteiger partial charge in [0.2, 0.25) is 0 Å². The lowest BCUT2D eigenvalue weighted by Crippen LogP contribution is -2.42. The smallest absolute Gasteiger partial charge is 0.413 e. The highest BCUT2D eigenvalue weighted by Crippen LogP contribution is 2.28. The summed E-state index contributed by atoms with van der Waals surface area (Å²) in [6.07, 6.45) is 13.3. The number of ether oxygens (including phenoxy) is 1. The van der Waals surface area contributed by atoms with E-state index in [2.05, 4.69) is 15.4 Å². The molecule has 0 aromatic carbocycles. The minimum Gasteiger partial charge on any atom is -0.465 e. The van der Waals surface area contributed by atoms with Gasteiger partial charge in [0.1, 0.15) is 5.82 Å². The van der Waals surface area contributed by atoms with E-state index in [-0.39, 0.29) is 6.04 Å². The normalized spacial score (nSPS) is 24.4. The molecule has 2 aliphatic heterocycles. The molecule has 186 valence electrons. The van der Waals surface area contributed by atoms with Gasteiger partial charge >= 0.3 is 6.09 Å². The molecule has 3 fully saturated rings. The van der Waals surface area contributed by atoms with E-state index in [0.29, 0.717) is 18.0 Å². The fourth-order valence-electron chi connectivity index (χ4n) is 5.14. The number of hydrogen-bond donors (Lipinski definition) is 2. The molecule has 1 aliphatic carbocycles. The fourth-order valence-corrected chi connectivity index (χ4v) is 5.14. The van der Waals surface area contributed by atoms with Gasteiger partial charge in [0.25, 0.3) is 5.91 Å². The van der Waals surface area contributed by atoms with Crippen molar-refractivity contribution in [2.45, 2.75) is 70.1 Å². The minimum atomic E-state index is -0.984. The van der Waals surface area contributed by atoms with Gasteiger partial charge in [-0.15, -0.1) is 0 Å². The third-order valence-corrected chi connectivity index (χ3v) is 6.93. The zero-order valence-electron chi connectivity index (χ0n) is 19.7. The van der Waals surface area contributed by atoms with Crippen molar-refractivity contribution in [2.24, 2.45) is 5.92 Å². The number of rotatable bonds is 8. The van der Waals surface area contributed by atoms with E-state index < -0.39 is 18.3 Å². The van der Waals surface area contributed by atoms with E-state index in [1.165, 1.54) is 43.1 Å². The summed E-state index contributed by atoms with van der Waals surface area (Å²) in [5.41, 5.74) is 3.07. The average molecular weight is 473 g/mol. The van der Waals surface area contributed by atoms with Gasteiger partial charge in [-0.1, -0.05) is 19.3 Å². The summed E-state index contributed by atoms with van der Waals surface area (Å²) in [6, 6.07) is 3.36. The van der Waals surface area contributed by atoms with Crippen LogP contribution in [0.4, 0.5) is 10.6 Å². The van der Waals surface area contributed by atoms with Crippen LogP contribution in [-0.2, 0) is 14.4 Å². The maximum absolute atomic E-state index is 12.1. The minimum absolute atomic E-state index is 0.0973. The molecule has 1 aromatic rings. The average Bonchev–Trinajstić information content (AvgIpc) is 3.31. The van der Waals surface area contributed by atoms with Gasteiger partial charge in [0, 0.05) is 44.9 Å². The summed E-state index contributed by atoms with van der Waals surface area (Å²) in [7, 11) is 0. The molecule has 2 amide bonds. The van der Waals surface area contributed by atoms with Crippen molar-refractivity contribution in [3.8, 4) is 0 Å². The number of carbonyl (C=O) groups is 2. The largest absolute Gasteiger partial charge is 0.465 e. The number of aromatic nitrogens is 1. The number of likely N-dealkylation sites (tertiary alicyclic amines) is 1. The number of hydroxylamine groups is 1. The van der Waals surface area contributed by atoms with Crippen molar-refractivity contribution in [3.63, 3.8) is 0 Å². The van der Waals surface area contributed by atoms with Crippen molar-refractivity contribution in [3.05, 3.63) is 30.0 Å². The number of nitrogens with zero attached hydrogens (tertiary/aromatic N) is 3. The van der Waals surface area contributed by atoms with Crippen LogP contribution in [0.15, 0.2) is 24.4 Å². The Balaban J connectivity index is 1.28. The molecule has 0 radical (unpaired) electrons. The molecule has 0 bridgehead atoms. The Bertz CT molecular complexity index is 834. The Kier molecular flexibility index (Phi) is 8.90. The lowest BCUT2D eigenvalue weighted by molar-refractivity contribution is -0.198. The molecule has 1 aromatic heterocycles. The quantitative estimate of drug-likeness (QED) is 0.438. The van der Waals surface area contributed by atoms with Crippen LogP contribution in [0.2, 0.25) is 0 Å². The Morgan fingerprint density at radius 1 is 1.18 bits per heavy atom. The molecule has 0 spiro atoms. The number of nitrogens with one attached hydrogen (secondary N) is 1. The zero-order valence-corrected chi connectivity index (χ0v) is 19.7. The number of amides is 2. The van der Waals surface area contributed by atoms with Gasteiger partial charge < -0.3 is 14.7 Å². The molecule has 2 atom stereocenters. The van der Waals surface area contributed by atoms with Crippen LogP contribution in [-0.4, -0.2) is 65.6 Å². The predicted molar refractivity (Wildman–Crippen MR) is 128 cm³/mol. The number of anilines is 1. The van der Waals surface area contributed by atoms with E-state index in [1.807, 2.05) is 0 Å². The van der Waals surface area contributed by atoms with Gasteiger partial charge in [-0.05, 0) is 61.8 Å². The summed E-state index contributed by atoms with van der Waals surface area (Å²) >= 11 is 0. The van der Waals surface area contributed by atoms with Gasteiger partial charge in [0.05, 0.1) is 6.04 Å². The van der Waals surface area contributed by atoms with Crippen molar-refractivity contribution in [2.75, 3.05) is 31.1 Å². The Morgan fingerprint density at radius 2 is 2.00 bits per heavy atom. The molecule has 2 N–H and O–H groups in total. The Labute approximate surface area is 201 Å². The summed E-state index contributed by atoms with van der Waals surface area (Å²) < 4.78 is 5.41. The number of pyridine rings is 1. The van der Waals surface area contributed by atoms with Crippen molar-refractivity contribution >= 4 is 23.9 Å². The van der Waals surface area contributed by atoms with Crippen molar-refractivity contribution in [1.82, 2.24) is 15.4 Å². The second kappa shape index (κ2) is 12.3. The van der Waals surface area contributed by atoms with Crippen LogP contribution in [0.25, 0.3) is 6.08 Å². The highest BCUT2D eigenvalue weighted by Gasteiger charge is 2.33. The maximum atomic E-state index is 12.1. The molecule has 9 heteroatoms. The molecule has 1 unspecified atom stereocenters. The lowest BCUT2D eigenvalue weighted by atomic mass is 9.89. The standard InChI is InChI=1S/C25H36N4O5/c30-23(27-34-24-8-4-5-15-33-24)12-10-19-9-11-22(26-16-19)29(25(31)32)21-13-14-28(18-21)17-20-6-2-1-3-7-20/h9-12,16,20-21,24H,1-8,13-15,17-18H2,(H,27,30)(H,31,32)/b12-10+/t21-,24?/m1/s1. The zero-order chi connectivity index (χ0) is 23.8. The van der Waals surface area contributed by atoms with Crippen molar-refractivity contribution < 1.29 is 24.3 Å². The van der Waals surface area contributed by atoms with Gasteiger partial charge in [-0.3, -0.25) is 9.69 Å². The molecule has 2 saturated heterocycles. The predicted octanol–water partition coefficient (Wildman–Crippen LogP) is 3.81. The van der Waals surface area contributed by atoms with Crippen LogP contribution >= 0.6 is 0 Å². The molecular weight excluding hydrogens is 436 g/mol. The van der Waals surface area contributed by atoms with Gasteiger partial charge in [-0.25, -0.2) is 20.1 Å². The highest BCUT2D eigenvalue weighted by molar-refractivity contribution is 5.91. The molecule has 4 rings (SSSR count). The molecule has 1 saturated carbocycles. The van der Waals surface area contributed by atoms with Crippen LogP contribution < -0.4 is 10.4 Å². The van der Waals surface area contributed by atoms with Crippen LogP contribution in [0.5, 0.6) is 0 Å². The number of carbonyl (C=O) groups excluding carboxylic acids is 1. The van der Waals surface area contributed by atoms with E-state index in [0.717, 1.165) is 51.2 Å². The van der Waals surface area contributed by atoms with Crippen LogP contribution in [0.1, 0.15) is 63.4 Å². The van der Waals surface area contributed by atoms with Crippen molar-refractivity contribution in [1.29, 1.82) is 0 Å². The highest BCUT2D eigenvalue weighted by atomic mass is 16.8. The third kappa shape index (κ3) is 7.01. The Hall–Kier alpha value is -2.49. The van der Waals surface area contributed by atoms with Crippen LogP contribution in [0.3, 0.4) is 0 Å². The molecule has 3 heterocycles. The summed E-state index contributed by atoms with van der Waals surface area (Å²) in [4.78, 5) is 37.5. The van der Waals surface area contributed by atoms with Crippen LogP contribution in [0, 0.1) is 5.92 Å². The van der Waals surface area contributed by atoms with Gasteiger partial charge in [0.15, 0.2) is 6.29 Å². The molecule has 34 heavy (non-hydrogen) atoms. The number of carboxylic acid groups (broad SMARTS) is 1. The molecular formula is C25H36N4O5. The third-order valence-electron chi connectivity index (χ3n) is 6.93. The molecule has 9 nitrogen and oxygen atoms in total. The second-order valence-electron chi connectivity index (χ2n) is 9.52. The first-order valence-corrected chi connectivity index (χ1v) is 12.5. The van der Waals surface area contributed by atoms with E-state index >= 15 is 0 Å².